The molecule has 5 heteroatoms. The standard InChI is InChI=1S/C14H11ClFNO2/c15-10-4-5-11(16)12(6-10)17-7-9-2-1-3-13-14(9)19-8-18-13/h1-6,17H,7-8H2. The summed E-state index contributed by atoms with van der Waals surface area (Å²) in [5.41, 5.74) is 1.28. The number of hydrogen-bond donors (Lipinski definition) is 1. The molecule has 1 aliphatic rings. The van der Waals surface area contributed by atoms with E-state index < -0.39 is 0 Å². The molecule has 3 rings (SSSR count). The van der Waals surface area contributed by atoms with E-state index in [9.17, 15) is 4.39 Å². The minimum Gasteiger partial charge on any atom is -0.454 e. The van der Waals surface area contributed by atoms with Crippen LogP contribution in [0.2, 0.25) is 5.02 Å². The van der Waals surface area contributed by atoms with Crippen molar-refractivity contribution in [3.8, 4) is 11.5 Å². The quantitative estimate of drug-likeness (QED) is 0.926. The van der Waals surface area contributed by atoms with Gasteiger partial charge in [0.2, 0.25) is 6.79 Å². The predicted molar refractivity (Wildman–Crippen MR) is 71.3 cm³/mol. The average Bonchev–Trinajstić information content (AvgIpc) is 2.88. The molecule has 19 heavy (non-hydrogen) atoms. The van der Waals surface area contributed by atoms with E-state index in [1.807, 2.05) is 18.2 Å². The van der Waals surface area contributed by atoms with Gasteiger partial charge in [-0.3, -0.25) is 0 Å². The maximum Gasteiger partial charge on any atom is 0.231 e. The van der Waals surface area contributed by atoms with Gasteiger partial charge in [0.15, 0.2) is 11.5 Å². The predicted octanol–water partition coefficient (Wildman–Crippen LogP) is 3.82. The Kier molecular flexibility index (Phi) is 3.17. The Balaban J connectivity index is 1.80. The van der Waals surface area contributed by atoms with Crippen LogP contribution >= 0.6 is 11.6 Å². The van der Waals surface area contributed by atoms with Crippen LogP contribution in [0.15, 0.2) is 36.4 Å². The largest absolute Gasteiger partial charge is 0.454 e. The molecule has 0 spiro atoms. The Morgan fingerprint density at radius 2 is 2.11 bits per heavy atom. The van der Waals surface area contributed by atoms with Gasteiger partial charge in [-0.15, -0.1) is 0 Å². The van der Waals surface area contributed by atoms with Crippen LogP contribution in [0.5, 0.6) is 11.5 Å². The molecule has 1 N–H and O–H groups in total. The summed E-state index contributed by atoms with van der Waals surface area (Å²) in [4.78, 5) is 0. The lowest BCUT2D eigenvalue weighted by Gasteiger charge is -2.10. The first-order chi connectivity index (χ1) is 9.24. The summed E-state index contributed by atoms with van der Waals surface area (Å²) < 4.78 is 24.2. The van der Waals surface area contributed by atoms with Gasteiger partial charge >= 0.3 is 0 Å². The van der Waals surface area contributed by atoms with Crippen LogP contribution in [0.25, 0.3) is 0 Å². The zero-order chi connectivity index (χ0) is 13.2. The third-order valence-electron chi connectivity index (χ3n) is 2.88. The molecule has 2 aromatic rings. The van der Waals surface area contributed by atoms with Gasteiger partial charge in [-0.1, -0.05) is 23.7 Å². The van der Waals surface area contributed by atoms with Gasteiger partial charge in [0.1, 0.15) is 5.82 Å². The Morgan fingerprint density at radius 1 is 1.21 bits per heavy atom. The van der Waals surface area contributed by atoms with Crippen molar-refractivity contribution >= 4 is 17.3 Å². The van der Waals surface area contributed by atoms with E-state index >= 15 is 0 Å². The Hall–Kier alpha value is -1.94. The molecule has 1 heterocycles. The van der Waals surface area contributed by atoms with Crippen molar-refractivity contribution < 1.29 is 13.9 Å². The maximum absolute atomic E-state index is 13.6. The first kappa shape index (κ1) is 12.1. The normalized spacial score (nSPS) is 12.5. The van der Waals surface area contributed by atoms with Crippen LogP contribution in [0, 0.1) is 5.82 Å². The summed E-state index contributed by atoms with van der Waals surface area (Å²) in [6.45, 7) is 0.654. The molecular formula is C14H11ClFNO2. The summed E-state index contributed by atoms with van der Waals surface area (Å²) in [6, 6.07) is 10.0. The van der Waals surface area contributed by atoms with E-state index in [-0.39, 0.29) is 12.6 Å². The van der Waals surface area contributed by atoms with Gasteiger partial charge in [-0.25, -0.2) is 4.39 Å². The molecule has 0 saturated heterocycles. The van der Waals surface area contributed by atoms with E-state index in [2.05, 4.69) is 5.32 Å². The number of nitrogens with one attached hydrogen (secondary N) is 1. The zero-order valence-corrected chi connectivity index (χ0v) is 10.7. The number of ether oxygens (including phenoxy) is 2. The highest BCUT2D eigenvalue weighted by atomic mass is 35.5. The van der Waals surface area contributed by atoms with Crippen LogP contribution < -0.4 is 14.8 Å². The van der Waals surface area contributed by atoms with Gasteiger partial charge in [0.05, 0.1) is 5.69 Å². The number of anilines is 1. The third kappa shape index (κ3) is 2.44. The topological polar surface area (TPSA) is 30.5 Å². The molecule has 0 amide bonds. The fraction of sp³-hybridized carbons (Fsp3) is 0.143. The Bertz CT molecular complexity index is 618. The summed E-state index contributed by atoms with van der Waals surface area (Å²) in [5, 5.41) is 3.49. The van der Waals surface area contributed by atoms with Gasteiger partial charge in [0, 0.05) is 17.1 Å². The molecule has 2 aromatic carbocycles. The van der Waals surface area contributed by atoms with Crippen LogP contribution in [0.1, 0.15) is 5.56 Å². The molecule has 0 radical (unpaired) electrons. The van der Waals surface area contributed by atoms with Crippen molar-refractivity contribution in [1.29, 1.82) is 0 Å². The maximum atomic E-state index is 13.6. The van der Waals surface area contributed by atoms with Crippen LogP contribution in [0.3, 0.4) is 0 Å². The summed E-state index contributed by atoms with van der Waals surface area (Å²) in [5.74, 6) is 1.08. The lowest BCUT2D eigenvalue weighted by molar-refractivity contribution is 0.173. The van der Waals surface area contributed by atoms with E-state index in [0.717, 1.165) is 5.56 Å². The van der Waals surface area contributed by atoms with Crippen LogP contribution in [0.4, 0.5) is 10.1 Å². The van der Waals surface area contributed by atoms with Gasteiger partial charge in [-0.2, -0.15) is 0 Å². The van der Waals surface area contributed by atoms with Crippen LogP contribution in [-0.2, 0) is 6.54 Å². The average molecular weight is 280 g/mol. The first-order valence-electron chi connectivity index (χ1n) is 5.80. The highest BCUT2D eigenvalue weighted by molar-refractivity contribution is 6.30. The van der Waals surface area contributed by atoms with Crippen molar-refractivity contribution in [2.24, 2.45) is 0 Å². The minimum atomic E-state index is -0.339. The summed E-state index contributed by atoms with van der Waals surface area (Å²) in [7, 11) is 0. The second kappa shape index (κ2) is 4.97. The monoisotopic (exact) mass is 279 g/mol. The lowest BCUT2D eigenvalue weighted by Crippen LogP contribution is -2.02. The minimum absolute atomic E-state index is 0.220. The molecule has 0 atom stereocenters. The Labute approximate surface area is 114 Å². The smallest absolute Gasteiger partial charge is 0.231 e. The van der Waals surface area contributed by atoms with E-state index in [1.165, 1.54) is 12.1 Å². The molecule has 0 unspecified atom stereocenters. The fourth-order valence-corrected chi connectivity index (χ4v) is 2.13. The highest BCUT2D eigenvalue weighted by Crippen LogP contribution is 2.35. The molecule has 3 nitrogen and oxygen atoms in total. The molecule has 0 fully saturated rings. The first-order valence-corrected chi connectivity index (χ1v) is 6.18. The molecule has 0 bridgehead atoms. The number of para-hydroxylation sites is 1. The van der Waals surface area contributed by atoms with E-state index in [4.69, 9.17) is 21.1 Å². The Morgan fingerprint density at radius 3 is 3.00 bits per heavy atom. The molecule has 0 aliphatic carbocycles. The number of benzene rings is 2. The van der Waals surface area contributed by atoms with E-state index in [0.29, 0.717) is 28.8 Å². The highest BCUT2D eigenvalue weighted by Gasteiger charge is 2.17. The fourth-order valence-electron chi connectivity index (χ4n) is 1.95. The molecule has 0 saturated carbocycles. The lowest BCUT2D eigenvalue weighted by atomic mass is 10.2. The van der Waals surface area contributed by atoms with Crippen molar-refractivity contribution in [3.63, 3.8) is 0 Å². The van der Waals surface area contributed by atoms with Crippen LogP contribution in [-0.4, -0.2) is 6.79 Å². The third-order valence-corrected chi connectivity index (χ3v) is 3.11. The second-order valence-electron chi connectivity index (χ2n) is 4.13. The van der Waals surface area contributed by atoms with Gasteiger partial charge in [-0.05, 0) is 24.3 Å². The molecule has 1 aliphatic heterocycles. The van der Waals surface area contributed by atoms with Crippen molar-refractivity contribution in [2.45, 2.75) is 6.54 Å². The summed E-state index contributed by atoms with van der Waals surface area (Å²) >= 11 is 5.84. The van der Waals surface area contributed by atoms with Gasteiger partial charge < -0.3 is 14.8 Å². The van der Waals surface area contributed by atoms with E-state index in [1.54, 1.807) is 6.07 Å². The van der Waals surface area contributed by atoms with Crippen molar-refractivity contribution in [1.82, 2.24) is 0 Å². The van der Waals surface area contributed by atoms with Crippen molar-refractivity contribution in [3.05, 3.63) is 52.8 Å². The molecule has 98 valence electrons. The number of rotatable bonds is 3. The SMILES string of the molecule is Fc1ccc(Cl)cc1NCc1cccc2c1OCO2. The molecule has 0 aromatic heterocycles. The number of halogens is 2. The second-order valence-corrected chi connectivity index (χ2v) is 4.57. The summed E-state index contributed by atoms with van der Waals surface area (Å²) in [6.07, 6.45) is 0. The zero-order valence-electron chi connectivity index (χ0n) is 9.95. The van der Waals surface area contributed by atoms with Crippen molar-refractivity contribution in [2.75, 3.05) is 12.1 Å². The number of hydrogen-bond acceptors (Lipinski definition) is 3. The van der Waals surface area contributed by atoms with Gasteiger partial charge in [0.25, 0.3) is 0 Å². The molecular weight excluding hydrogens is 269 g/mol. The number of fused-ring (bicyclic) bond motifs is 1.